The van der Waals surface area contributed by atoms with E-state index in [-0.39, 0.29) is 0 Å². The molecular formula is C24H44N2. The Hall–Kier alpha value is -1.18. The van der Waals surface area contributed by atoms with Gasteiger partial charge in [-0.05, 0) is 49.9 Å². The van der Waals surface area contributed by atoms with E-state index < -0.39 is 0 Å². The smallest absolute Gasteiger partial charge is 0.0343 e. The number of rotatable bonds is 16. The number of hydrogen-bond donors (Lipinski definition) is 2. The van der Waals surface area contributed by atoms with Crippen LogP contribution in [0.25, 0.3) is 0 Å². The first-order valence-electron chi connectivity index (χ1n) is 11.4. The summed E-state index contributed by atoms with van der Waals surface area (Å²) in [7, 11) is 0. The molecule has 0 heterocycles. The van der Waals surface area contributed by atoms with E-state index in [1.54, 1.807) is 0 Å². The minimum atomic E-state index is 0.604. The lowest BCUT2D eigenvalue weighted by molar-refractivity contribution is 0.560. The van der Waals surface area contributed by atoms with Crippen LogP contribution < -0.4 is 10.6 Å². The fourth-order valence-corrected chi connectivity index (χ4v) is 3.53. The number of hydrogen-bond acceptors (Lipinski definition) is 2. The fourth-order valence-electron chi connectivity index (χ4n) is 3.53. The number of unbranched alkanes of at least 4 members (excludes halogenated alkanes) is 6. The third-order valence-corrected chi connectivity index (χ3v) is 5.42. The van der Waals surface area contributed by atoms with Gasteiger partial charge in [0.05, 0.1) is 0 Å². The van der Waals surface area contributed by atoms with Crippen LogP contribution >= 0.6 is 0 Å². The summed E-state index contributed by atoms with van der Waals surface area (Å²) in [4.78, 5) is 0. The van der Waals surface area contributed by atoms with Crippen LogP contribution in [0.15, 0.2) is 24.3 Å². The second kappa shape index (κ2) is 14.9. The first kappa shape index (κ1) is 22.9. The summed E-state index contributed by atoms with van der Waals surface area (Å²) < 4.78 is 0. The first-order chi connectivity index (χ1) is 12.7. The molecule has 1 aromatic carbocycles. The summed E-state index contributed by atoms with van der Waals surface area (Å²) in [5, 5.41) is 7.44. The van der Waals surface area contributed by atoms with E-state index in [4.69, 9.17) is 0 Å². The first-order valence-corrected chi connectivity index (χ1v) is 11.4. The molecule has 2 nitrogen and oxygen atoms in total. The monoisotopic (exact) mass is 360 g/mol. The molecule has 0 saturated heterocycles. The van der Waals surface area contributed by atoms with E-state index in [0.29, 0.717) is 12.1 Å². The van der Waals surface area contributed by atoms with Crippen LogP contribution in [0.2, 0.25) is 0 Å². The SMILES string of the molecule is CCCCCCC(CC)Nc1ccc(NC(CC)CCCCCC)cc1. The van der Waals surface area contributed by atoms with Gasteiger partial charge in [0.25, 0.3) is 0 Å². The highest BCUT2D eigenvalue weighted by molar-refractivity contribution is 5.54. The van der Waals surface area contributed by atoms with Crippen LogP contribution in [0.5, 0.6) is 0 Å². The Balaban J connectivity index is 2.40. The molecule has 0 aliphatic rings. The summed E-state index contributed by atoms with van der Waals surface area (Å²) in [6, 6.07) is 10.2. The van der Waals surface area contributed by atoms with Crippen LogP contribution in [0.1, 0.15) is 105 Å². The van der Waals surface area contributed by atoms with E-state index in [1.807, 2.05) is 0 Å². The highest BCUT2D eigenvalue weighted by Crippen LogP contribution is 2.20. The van der Waals surface area contributed by atoms with Crippen molar-refractivity contribution < 1.29 is 0 Å². The van der Waals surface area contributed by atoms with E-state index in [1.165, 1.54) is 88.4 Å². The Bertz CT molecular complexity index is 385. The molecule has 2 atom stereocenters. The maximum atomic E-state index is 3.72. The minimum absolute atomic E-state index is 0.604. The van der Waals surface area contributed by atoms with Gasteiger partial charge in [-0.3, -0.25) is 0 Å². The zero-order chi connectivity index (χ0) is 19.0. The minimum Gasteiger partial charge on any atom is -0.382 e. The summed E-state index contributed by atoms with van der Waals surface area (Å²) >= 11 is 0. The highest BCUT2D eigenvalue weighted by atomic mass is 14.9. The van der Waals surface area contributed by atoms with Gasteiger partial charge in [-0.25, -0.2) is 0 Å². The molecular weight excluding hydrogens is 316 g/mol. The average Bonchev–Trinajstić information content (AvgIpc) is 2.67. The van der Waals surface area contributed by atoms with Crippen molar-refractivity contribution >= 4 is 11.4 Å². The molecule has 0 bridgehead atoms. The molecule has 0 radical (unpaired) electrons. The van der Waals surface area contributed by atoms with Crippen molar-refractivity contribution in [1.82, 2.24) is 0 Å². The van der Waals surface area contributed by atoms with Gasteiger partial charge in [0, 0.05) is 23.5 Å². The average molecular weight is 361 g/mol. The van der Waals surface area contributed by atoms with Crippen LogP contribution in [-0.2, 0) is 0 Å². The quantitative estimate of drug-likeness (QED) is 0.292. The van der Waals surface area contributed by atoms with Gasteiger partial charge in [0.2, 0.25) is 0 Å². The fraction of sp³-hybridized carbons (Fsp3) is 0.750. The van der Waals surface area contributed by atoms with Crippen LogP contribution in [0.4, 0.5) is 11.4 Å². The van der Waals surface area contributed by atoms with Gasteiger partial charge in [-0.1, -0.05) is 79.1 Å². The van der Waals surface area contributed by atoms with Crippen molar-refractivity contribution in [2.75, 3.05) is 10.6 Å². The molecule has 0 spiro atoms. The van der Waals surface area contributed by atoms with Crippen molar-refractivity contribution in [1.29, 1.82) is 0 Å². The van der Waals surface area contributed by atoms with Gasteiger partial charge in [-0.2, -0.15) is 0 Å². The third kappa shape index (κ3) is 10.1. The second-order valence-electron chi connectivity index (χ2n) is 7.78. The molecule has 150 valence electrons. The number of benzene rings is 1. The largest absolute Gasteiger partial charge is 0.382 e. The molecule has 0 aliphatic carbocycles. The summed E-state index contributed by atoms with van der Waals surface area (Å²) in [6.07, 6.45) is 15.8. The van der Waals surface area contributed by atoms with Crippen molar-refractivity contribution in [2.45, 2.75) is 117 Å². The molecule has 2 heteroatoms. The molecule has 1 aromatic rings. The zero-order valence-corrected chi connectivity index (χ0v) is 17.9. The van der Waals surface area contributed by atoms with E-state index in [9.17, 15) is 0 Å². The molecule has 0 saturated carbocycles. The van der Waals surface area contributed by atoms with Gasteiger partial charge in [0.15, 0.2) is 0 Å². The molecule has 0 fully saturated rings. The molecule has 26 heavy (non-hydrogen) atoms. The lowest BCUT2D eigenvalue weighted by Gasteiger charge is -2.20. The molecule has 0 amide bonds. The Morgan fingerprint density at radius 3 is 1.27 bits per heavy atom. The van der Waals surface area contributed by atoms with Gasteiger partial charge < -0.3 is 10.6 Å². The van der Waals surface area contributed by atoms with E-state index >= 15 is 0 Å². The second-order valence-corrected chi connectivity index (χ2v) is 7.78. The standard InChI is InChI=1S/C24H44N2/c1-5-9-11-13-15-21(7-3)25-23-17-19-24(20-18-23)26-22(8-4)16-14-12-10-6-2/h17-22,25-26H,5-16H2,1-4H3. The van der Waals surface area contributed by atoms with E-state index in [0.717, 1.165) is 0 Å². The summed E-state index contributed by atoms with van der Waals surface area (Å²) in [5.41, 5.74) is 2.52. The predicted octanol–water partition coefficient (Wildman–Crippen LogP) is 8.01. The number of nitrogens with one attached hydrogen (secondary N) is 2. The lowest BCUT2D eigenvalue weighted by atomic mass is 10.0. The van der Waals surface area contributed by atoms with E-state index in [2.05, 4.69) is 62.6 Å². The Labute approximate surface area is 163 Å². The molecule has 2 unspecified atom stereocenters. The number of anilines is 2. The molecule has 2 N–H and O–H groups in total. The Morgan fingerprint density at radius 1 is 0.577 bits per heavy atom. The van der Waals surface area contributed by atoms with Crippen molar-refractivity contribution in [3.05, 3.63) is 24.3 Å². The van der Waals surface area contributed by atoms with Crippen LogP contribution in [-0.4, -0.2) is 12.1 Å². The zero-order valence-electron chi connectivity index (χ0n) is 17.9. The van der Waals surface area contributed by atoms with Crippen LogP contribution in [0, 0.1) is 0 Å². The normalized spacial score (nSPS) is 13.4. The predicted molar refractivity (Wildman–Crippen MR) is 119 cm³/mol. The summed E-state index contributed by atoms with van der Waals surface area (Å²) in [5.74, 6) is 0. The van der Waals surface area contributed by atoms with Gasteiger partial charge in [0.1, 0.15) is 0 Å². The molecule has 0 aromatic heterocycles. The molecule has 0 aliphatic heterocycles. The van der Waals surface area contributed by atoms with Crippen LogP contribution in [0.3, 0.4) is 0 Å². The Kier molecular flexibility index (Phi) is 13.1. The van der Waals surface area contributed by atoms with Crippen molar-refractivity contribution in [2.24, 2.45) is 0 Å². The Morgan fingerprint density at radius 2 is 0.962 bits per heavy atom. The van der Waals surface area contributed by atoms with Gasteiger partial charge in [-0.15, -0.1) is 0 Å². The maximum absolute atomic E-state index is 3.72. The topological polar surface area (TPSA) is 24.1 Å². The highest BCUT2D eigenvalue weighted by Gasteiger charge is 2.08. The van der Waals surface area contributed by atoms with Crippen molar-refractivity contribution in [3.63, 3.8) is 0 Å². The van der Waals surface area contributed by atoms with Crippen molar-refractivity contribution in [3.8, 4) is 0 Å². The lowest BCUT2D eigenvalue weighted by Crippen LogP contribution is -2.19. The maximum Gasteiger partial charge on any atom is 0.0343 e. The molecule has 1 rings (SSSR count). The summed E-state index contributed by atoms with van der Waals surface area (Å²) in [6.45, 7) is 9.13. The third-order valence-electron chi connectivity index (χ3n) is 5.42. The van der Waals surface area contributed by atoms with Gasteiger partial charge >= 0.3 is 0 Å².